The van der Waals surface area contributed by atoms with E-state index >= 15 is 0 Å². The summed E-state index contributed by atoms with van der Waals surface area (Å²) >= 11 is 15.8. The molecule has 0 amide bonds. The van der Waals surface area contributed by atoms with Crippen LogP contribution in [0.1, 0.15) is 5.69 Å². The Kier molecular flexibility index (Phi) is 4.62. The molecule has 2 aromatic carbocycles. The van der Waals surface area contributed by atoms with Crippen LogP contribution in [0.3, 0.4) is 0 Å². The zero-order valence-corrected chi connectivity index (χ0v) is 14.4. The van der Waals surface area contributed by atoms with Crippen molar-refractivity contribution in [2.24, 2.45) is 0 Å². The van der Waals surface area contributed by atoms with E-state index in [0.29, 0.717) is 44.1 Å². The minimum atomic E-state index is -0.370. The van der Waals surface area contributed by atoms with E-state index in [1.165, 1.54) is 18.2 Å². The lowest BCUT2D eigenvalue weighted by Gasteiger charge is -2.11. The van der Waals surface area contributed by atoms with Crippen LogP contribution in [-0.2, 0) is 6.42 Å². The van der Waals surface area contributed by atoms with E-state index in [-0.39, 0.29) is 5.82 Å². The van der Waals surface area contributed by atoms with Gasteiger partial charge in [0.05, 0.1) is 26.9 Å². The molecule has 0 aliphatic carbocycles. The molecule has 0 spiro atoms. The predicted molar refractivity (Wildman–Crippen MR) is 92.5 cm³/mol. The first-order chi connectivity index (χ1) is 10.6. The third-order valence-corrected chi connectivity index (χ3v) is 4.26. The Bertz CT molecular complexity index is 855. The predicted octanol–water partition coefficient (Wildman–Crippen LogP) is 5.68. The first kappa shape index (κ1) is 15.7. The number of fused-ring (bicyclic) bond motifs is 1. The largest absolute Gasteiger partial charge is 0.249 e. The van der Waals surface area contributed by atoms with Crippen molar-refractivity contribution in [1.29, 1.82) is 0 Å². The number of halogens is 4. The Labute approximate surface area is 145 Å². The highest BCUT2D eigenvalue weighted by molar-refractivity contribution is 9.09. The van der Waals surface area contributed by atoms with Crippen LogP contribution in [0, 0.1) is 5.82 Å². The molecule has 0 bridgehead atoms. The van der Waals surface area contributed by atoms with Gasteiger partial charge >= 0.3 is 0 Å². The Hall–Kier alpha value is -1.23. The molecule has 0 unspecified atom stereocenters. The molecule has 0 N–H and O–H groups in total. The van der Waals surface area contributed by atoms with Crippen LogP contribution in [0.25, 0.3) is 22.3 Å². The van der Waals surface area contributed by atoms with E-state index in [1.807, 2.05) is 12.1 Å². The number of nitrogens with zero attached hydrogens (tertiary/aromatic N) is 2. The molecule has 22 heavy (non-hydrogen) atoms. The van der Waals surface area contributed by atoms with Crippen LogP contribution in [0.5, 0.6) is 0 Å². The Morgan fingerprint density at radius 1 is 1.05 bits per heavy atom. The van der Waals surface area contributed by atoms with Crippen molar-refractivity contribution < 1.29 is 4.39 Å². The highest BCUT2D eigenvalue weighted by atomic mass is 79.9. The Balaban J connectivity index is 2.32. The summed E-state index contributed by atoms with van der Waals surface area (Å²) in [5.74, 6) is -0.370. The molecular weight excluding hydrogens is 390 g/mol. The monoisotopic (exact) mass is 398 g/mol. The van der Waals surface area contributed by atoms with E-state index < -0.39 is 0 Å². The van der Waals surface area contributed by atoms with Gasteiger partial charge in [-0.3, -0.25) is 0 Å². The summed E-state index contributed by atoms with van der Waals surface area (Å²) < 4.78 is 13.6. The van der Waals surface area contributed by atoms with E-state index in [1.54, 1.807) is 6.07 Å². The van der Waals surface area contributed by atoms with Crippen molar-refractivity contribution in [1.82, 2.24) is 9.97 Å². The summed E-state index contributed by atoms with van der Waals surface area (Å²) in [6.07, 6.45) is 0.650. The molecular formula is C16H10BrCl2FN2. The highest BCUT2D eigenvalue weighted by Gasteiger charge is 2.15. The maximum Gasteiger partial charge on any atom is 0.123 e. The number of hydrogen-bond acceptors (Lipinski definition) is 2. The van der Waals surface area contributed by atoms with Crippen LogP contribution in [0.2, 0.25) is 10.0 Å². The average molecular weight is 400 g/mol. The minimum absolute atomic E-state index is 0.370. The second-order valence-electron chi connectivity index (χ2n) is 4.69. The second kappa shape index (κ2) is 6.49. The molecule has 0 atom stereocenters. The molecule has 0 aliphatic rings. The standard InChI is InChI=1S/C16H10BrCl2FN2/c17-7-6-14-15(10-8-9(20)4-5-11(10)18)22-16-12(19)2-1-3-13(16)21-14/h1-5,8H,6-7H2. The van der Waals surface area contributed by atoms with Gasteiger partial charge in [0.2, 0.25) is 0 Å². The molecule has 0 aliphatic heterocycles. The number of alkyl halides is 1. The summed E-state index contributed by atoms with van der Waals surface area (Å²) in [5.41, 5.74) is 3.12. The lowest BCUT2D eigenvalue weighted by Crippen LogP contribution is -2.01. The third-order valence-electron chi connectivity index (χ3n) is 3.23. The number of benzene rings is 2. The van der Waals surface area contributed by atoms with Crippen molar-refractivity contribution in [3.63, 3.8) is 0 Å². The van der Waals surface area contributed by atoms with Gasteiger partial charge in [-0.2, -0.15) is 0 Å². The Morgan fingerprint density at radius 2 is 1.86 bits per heavy atom. The van der Waals surface area contributed by atoms with Gasteiger partial charge in [0.25, 0.3) is 0 Å². The molecule has 112 valence electrons. The maximum absolute atomic E-state index is 13.6. The van der Waals surface area contributed by atoms with Gasteiger partial charge in [-0.15, -0.1) is 0 Å². The van der Waals surface area contributed by atoms with Crippen LogP contribution in [-0.4, -0.2) is 15.3 Å². The smallest absolute Gasteiger partial charge is 0.123 e. The Morgan fingerprint density at radius 3 is 2.64 bits per heavy atom. The van der Waals surface area contributed by atoms with Gasteiger partial charge in [0.1, 0.15) is 11.3 Å². The second-order valence-corrected chi connectivity index (χ2v) is 6.30. The van der Waals surface area contributed by atoms with Gasteiger partial charge < -0.3 is 0 Å². The first-order valence-corrected chi connectivity index (χ1v) is 8.44. The minimum Gasteiger partial charge on any atom is -0.249 e. The molecule has 2 nitrogen and oxygen atoms in total. The topological polar surface area (TPSA) is 25.8 Å². The lowest BCUT2D eigenvalue weighted by atomic mass is 10.1. The van der Waals surface area contributed by atoms with E-state index in [0.717, 1.165) is 5.69 Å². The van der Waals surface area contributed by atoms with Gasteiger partial charge in [-0.1, -0.05) is 45.2 Å². The number of rotatable bonds is 3. The summed E-state index contributed by atoms with van der Waals surface area (Å²) in [6, 6.07) is 9.63. The van der Waals surface area contributed by atoms with Crippen LogP contribution < -0.4 is 0 Å². The lowest BCUT2D eigenvalue weighted by molar-refractivity contribution is 0.628. The molecule has 0 saturated heterocycles. The van der Waals surface area contributed by atoms with Crippen LogP contribution >= 0.6 is 39.1 Å². The molecule has 0 radical (unpaired) electrons. The molecule has 3 aromatic rings. The van der Waals surface area contributed by atoms with Crippen molar-refractivity contribution in [3.8, 4) is 11.3 Å². The van der Waals surface area contributed by atoms with Crippen molar-refractivity contribution in [2.75, 3.05) is 5.33 Å². The van der Waals surface area contributed by atoms with Crippen molar-refractivity contribution >= 4 is 50.2 Å². The first-order valence-electron chi connectivity index (χ1n) is 6.56. The summed E-state index contributed by atoms with van der Waals surface area (Å²) in [5, 5.41) is 1.65. The fourth-order valence-corrected chi connectivity index (χ4v) is 3.03. The number of aryl methyl sites for hydroxylation is 1. The third kappa shape index (κ3) is 2.96. The average Bonchev–Trinajstić information content (AvgIpc) is 2.50. The fraction of sp³-hybridized carbons (Fsp3) is 0.125. The van der Waals surface area contributed by atoms with Gasteiger partial charge in [0.15, 0.2) is 0 Å². The summed E-state index contributed by atoms with van der Waals surface area (Å²) in [7, 11) is 0. The zero-order valence-electron chi connectivity index (χ0n) is 11.3. The highest BCUT2D eigenvalue weighted by Crippen LogP contribution is 2.32. The molecule has 0 saturated carbocycles. The summed E-state index contributed by atoms with van der Waals surface area (Å²) in [6.45, 7) is 0. The van der Waals surface area contributed by atoms with E-state index in [4.69, 9.17) is 23.2 Å². The number of aromatic nitrogens is 2. The fourth-order valence-electron chi connectivity index (χ4n) is 2.24. The van der Waals surface area contributed by atoms with E-state index in [9.17, 15) is 4.39 Å². The maximum atomic E-state index is 13.6. The van der Waals surface area contributed by atoms with Crippen molar-refractivity contribution in [2.45, 2.75) is 6.42 Å². The molecule has 1 aromatic heterocycles. The molecule has 1 heterocycles. The molecule has 0 fully saturated rings. The van der Waals surface area contributed by atoms with Gasteiger partial charge in [-0.25, -0.2) is 14.4 Å². The molecule has 6 heteroatoms. The number of hydrogen-bond donors (Lipinski definition) is 0. The van der Waals surface area contributed by atoms with Crippen molar-refractivity contribution in [3.05, 3.63) is 58.0 Å². The quantitative estimate of drug-likeness (QED) is 0.529. The van der Waals surface area contributed by atoms with E-state index in [2.05, 4.69) is 25.9 Å². The van der Waals surface area contributed by atoms with Gasteiger partial charge in [0, 0.05) is 17.3 Å². The van der Waals surface area contributed by atoms with Crippen LogP contribution in [0.4, 0.5) is 4.39 Å². The van der Waals surface area contributed by atoms with Gasteiger partial charge in [-0.05, 0) is 30.3 Å². The number of para-hydroxylation sites is 1. The normalized spacial score (nSPS) is 11.1. The molecule has 3 rings (SSSR count). The SMILES string of the molecule is Fc1ccc(Cl)c(-c2nc3c(Cl)cccc3nc2CCBr)c1. The van der Waals surface area contributed by atoms with Crippen LogP contribution in [0.15, 0.2) is 36.4 Å². The zero-order chi connectivity index (χ0) is 15.7. The summed E-state index contributed by atoms with van der Waals surface area (Å²) in [4.78, 5) is 9.21.